The molecular weight excluding hydrogens is 216 g/mol. The minimum absolute atomic E-state index is 0.0707. The van der Waals surface area contributed by atoms with Gasteiger partial charge in [0, 0.05) is 26.3 Å². The Morgan fingerprint density at radius 1 is 1.35 bits per heavy atom. The van der Waals surface area contributed by atoms with Gasteiger partial charge in [0.15, 0.2) is 0 Å². The lowest BCUT2D eigenvalue weighted by atomic mass is 10.1. The van der Waals surface area contributed by atoms with E-state index in [0.717, 1.165) is 31.6 Å². The molecular formula is C12H18N4O. The van der Waals surface area contributed by atoms with Gasteiger partial charge in [-0.15, -0.1) is 0 Å². The third kappa shape index (κ3) is 2.94. The standard InChI is InChI=1S/C12H18N4O/c1-13-11-9-14-6-5-10(11)12(17)15-16-7-3-2-4-8-16/h5-6,9,13H,2-4,7-8H2,1H3,(H,15,17). The van der Waals surface area contributed by atoms with Gasteiger partial charge in [-0.3, -0.25) is 15.2 Å². The number of hydrogen-bond donors (Lipinski definition) is 2. The molecule has 1 amide bonds. The molecule has 0 radical (unpaired) electrons. The second-order valence-electron chi connectivity index (χ2n) is 4.16. The van der Waals surface area contributed by atoms with Crippen molar-refractivity contribution in [3.63, 3.8) is 0 Å². The number of anilines is 1. The van der Waals surface area contributed by atoms with Crippen molar-refractivity contribution in [2.45, 2.75) is 19.3 Å². The Hall–Kier alpha value is -1.62. The van der Waals surface area contributed by atoms with E-state index >= 15 is 0 Å². The van der Waals surface area contributed by atoms with Crippen LogP contribution in [0.15, 0.2) is 18.5 Å². The van der Waals surface area contributed by atoms with E-state index in [1.807, 2.05) is 5.01 Å². The monoisotopic (exact) mass is 234 g/mol. The zero-order valence-electron chi connectivity index (χ0n) is 10.1. The van der Waals surface area contributed by atoms with Gasteiger partial charge < -0.3 is 5.32 Å². The fourth-order valence-corrected chi connectivity index (χ4v) is 2.00. The van der Waals surface area contributed by atoms with Crippen LogP contribution in [-0.4, -0.2) is 36.0 Å². The number of hydrazine groups is 1. The van der Waals surface area contributed by atoms with Crippen LogP contribution in [0, 0.1) is 0 Å². The molecule has 17 heavy (non-hydrogen) atoms. The zero-order chi connectivity index (χ0) is 12.1. The normalized spacial score (nSPS) is 16.5. The van der Waals surface area contributed by atoms with Gasteiger partial charge >= 0.3 is 0 Å². The summed E-state index contributed by atoms with van der Waals surface area (Å²) in [5.74, 6) is -0.0707. The van der Waals surface area contributed by atoms with Gasteiger partial charge in [0.1, 0.15) is 0 Å². The molecule has 5 nitrogen and oxygen atoms in total. The Balaban J connectivity index is 2.03. The number of hydrogen-bond acceptors (Lipinski definition) is 4. The highest BCUT2D eigenvalue weighted by Crippen LogP contribution is 2.13. The maximum absolute atomic E-state index is 12.1. The number of aromatic nitrogens is 1. The van der Waals surface area contributed by atoms with Gasteiger partial charge in [-0.05, 0) is 18.9 Å². The molecule has 0 aliphatic carbocycles. The average molecular weight is 234 g/mol. The summed E-state index contributed by atoms with van der Waals surface area (Å²) in [6.07, 6.45) is 6.84. The molecule has 0 spiro atoms. The molecule has 2 heterocycles. The average Bonchev–Trinajstić information content (AvgIpc) is 2.40. The Labute approximate surface area is 101 Å². The van der Waals surface area contributed by atoms with Gasteiger partial charge in [0.2, 0.25) is 0 Å². The van der Waals surface area contributed by atoms with Crippen molar-refractivity contribution in [2.24, 2.45) is 0 Å². The van der Waals surface area contributed by atoms with E-state index in [1.165, 1.54) is 6.42 Å². The first-order chi connectivity index (χ1) is 8.31. The molecule has 0 saturated carbocycles. The van der Waals surface area contributed by atoms with Crippen molar-refractivity contribution in [1.82, 2.24) is 15.4 Å². The lowest BCUT2D eigenvalue weighted by molar-refractivity contribution is 0.0751. The van der Waals surface area contributed by atoms with Crippen molar-refractivity contribution in [1.29, 1.82) is 0 Å². The molecule has 1 aliphatic heterocycles. The maximum Gasteiger partial charge on any atom is 0.267 e. The van der Waals surface area contributed by atoms with Crippen LogP contribution < -0.4 is 10.7 Å². The molecule has 1 fully saturated rings. The SMILES string of the molecule is CNc1cnccc1C(=O)NN1CCCCC1. The number of nitrogens with one attached hydrogen (secondary N) is 2. The third-order valence-corrected chi connectivity index (χ3v) is 2.95. The van der Waals surface area contributed by atoms with E-state index in [9.17, 15) is 4.79 Å². The molecule has 0 unspecified atom stereocenters. The van der Waals surface area contributed by atoms with E-state index in [2.05, 4.69) is 15.7 Å². The molecule has 2 N–H and O–H groups in total. The smallest absolute Gasteiger partial charge is 0.267 e. The summed E-state index contributed by atoms with van der Waals surface area (Å²) in [6.45, 7) is 1.87. The van der Waals surface area contributed by atoms with Crippen molar-refractivity contribution < 1.29 is 4.79 Å². The molecule has 0 atom stereocenters. The lowest BCUT2D eigenvalue weighted by Gasteiger charge is -2.27. The quantitative estimate of drug-likeness (QED) is 0.826. The highest BCUT2D eigenvalue weighted by atomic mass is 16.2. The summed E-state index contributed by atoms with van der Waals surface area (Å²) < 4.78 is 0. The van der Waals surface area contributed by atoms with Crippen molar-refractivity contribution in [2.75, 3.05) is 25.5 Å². The first kappa shape index (κ1) is 11.9. The first-order valence-electron chi connectivity index (χ1n) is 5.99. The van der Waals surface area contributed by atoms with E-state index < -0.39 is 0 Å². The Kier molecular flexibility index (Phi) is 3.93. The van der Waals surface area contributed by atoms with Gasteiger partial charge in [0.05, 0.1) is 17.4 Å². The largest absolute Gasteiger partial charge is 0.386 e. The minimum atomic E-state index is -0.0707. The van der Waals surface area contributed by atoms with Gasteiger partial charge in [-0.25, -0.2) is 5.01 Å². The fraction of sp³-hybridized carbons (Fsp3) is 0.500. The predicted molar refractivity (Wildman–Crippen MR) is 66.7 cm³/mol. The van der Waals surface area contributed by atoms with E-state index in [0.29, 0.717) is 5.56 Å². The van der Waals surface area contributed by atoms with Crippen LogP contribution in [0.1, 0.15) is 29.6 Å². The first-order valence-corrected chi connectivity index (χ1v) is 5.99. The van der Waals surface area contributed by atoms with Crippen LogP contribution in [0.3, 0.4) is 0 Å². The number of amides is 1. The van der Waals surface area contributed by atoms with Crippen LogP contribution in [-0.2, 0) is 0 Å². The number of piperidine rings is 1. The lowest BCUT2D eigenvalue weighted by Crippen LogP contribution is -2.45. The number of carbonyl (C=O) groups is 1. The van der Waals surface area contributed by atoms with E-state index in [1.54, 1.807) is 25.5 Å². The zero-order valence-corrected chi connectivity index (χ0v) is 10.1. The van der Waals surface area contributed by atoms with Crippen molar-refractivity contribution >= 4 is 11.6 Å². The summed E-state index contributed by atoms with van der Waals surface area (Å²) >= 11 is 0. The fourth-order valence-electron chi connectivity index (χ4n) is 2.00. The van der Waals surface area contributed by atoms with Crippen LogP contribution in [0.5, 0.6) is 0 Å². The summed E-state index contributed by atoms with van der Waals surface area (Å²) in [4.78, 5) is 16.1. The van der Waals surface area contributed by atoms with E-state index in [-0.39, 0.29) is 5.91 Å². The second-order valence-corrected chi connectivity index (χ2v) is 4.16. The second kappa shape index (κ2) is 5.63. The molecule has 1 aromatic heterocycles. The minimum Gasteiger partial charge on any atom is -0.386 e. The number of pyridine rings is 1. The third-order valence-electron chi connectivity index (χ3n) is 2.95. The summed E-state index contributed by atoms with van der Waals surface area (Å²) in [5.41, 5.74) is 4.32. The predicted octanol–water partition coefficient (Wildman–Crippen LogP) is 1.25. The van der Waals surface area contributed by atoms with Crippen LogP contribution in [0.25, 0.3) is 0 Å². The maximum atomic E-state index is 12.1. The molecule has 2 rings (SSSR count). The van der Waals surface area contributed by atoms with Crippen LogP contribution in [0.2, 0.25) is 0 Å². The molecule has 5 heteroatoms. The van der Waals surface area contributed by atoms with Gasteiger partial charge in [-0.2, -0.15) is 0 Å². The molecule has 0 bridgehead atoms. The number of nitrogens with zero attached hydrogens (tertiary/aromatic N) is 2. The number of carbonyl (C=O) groups excluding carboxylic acids is 1. The summed E-state index contributed by atoms with van der Waals surface area (Å²) in [5, 5.41) is 4.96. The Morgan fingerprint density at radius 2 is 2.12 bits per heavy atom. The van der Waals surface area contributed by atoms with Gasteiger partial charge in [0.25, 0.3) is 5.91 Å². The Bertz CT molecular complexity index is 388. The van der Waals surface area contributed by atoms with Crippen LogP contribution in [0.4, 0.5) is 5.69 Å². The number of rotatable bonds is 3. The Morgan fingerprint density at radius 3 is 2.82 bits per heavy atom. The topological polar surface area (TPSA) is 57.3 Å². The molecule has 1 aliphatic rings. The molecule has 1 saturated heterocycles. The van der Waals surface area contributed by atoms with Crippen molar-refractivity contribution in [3.8, 4) is 0 Å². The summed E-state index contributed by atoms with van der Waals surface area (Å²) in [6, 6.07) is 1.73. The van der Waals surface area contributed by atoms with Crippen LogP contribution >= 0.6 is 0 Å². The molecule has 0 aromatic carbocycles. The van der Waals surface area contributed by atoms with E-state index in [4.69, 9.17) is 0 Å². The molecule has 92 valence electrons. The molecule has 1 aromatic rings. The highest BCUT2D eigenvalue weighted by molar-refractivity contribution is 5.99. The summed E-state index contributed by atoms with van der Waals surface area (Å²) in [7, 11) is 1.79. The van der Waals surface area contributed by atoms with Gasteiger partial charge in [-0.1, -0.05) is 6.42 Å². The van der Waals surface area contributed by atoms with Crippen molar-refractivity contribution in [3.05, 3.63) is 24.0 Å². The highest BCUT2D eigenvalue weighted by Gasteiger charge is 2.15.